The molecule has 4 rings (SSSR count). The number of amides is 2. The highest BCUT2D eigenvalue weighted by Crippen LogP contribution is 2.31. The van der Waals surface area contributed by atoms with Crippen molar-refractivity contribution < 1.29 is 9.59 Å². The molecular formula is C23H20N4O2S. The molecule has 1 atom stereocenters. The molecule has 0 aliphatic carbocycles. The number of nitrogens with one attached hydrogen (secondary N) is 2. The summed E-state index contributed by atoms with van der Waals surface area (Å²) in [5.41, 5.74) is 9.03. The van der Waals surface area contributed by atoms with Crippen molar-refractivity contribution in [3.63, 3.8) is 0 Å². The highest BCUT2D eigenvalue weighted by Gasteiger charge is 2.14. The molecule has 0 aliphatic rings. The van der Waals surface area contributed by atoms with Gasteiger partial charge in [0.2, 0.25) is 11.8 Å². The van der Waals surface area contributed by atoms with E-state index in [4.69, 9.17) is 10.7 Å². The smallest absolute Gasteiger partial charge is 0.248 e. The van der Waals surface area contributed by atoms with Crippen molar-refractivity contribution >= 4 is 44.7 Å². The van der Waals surface area contributed by atoms with Crippen molar-refractivity contribution in [1.82, 2.24) is 4.98 Å². The standard InChI is InChI=1S/C23H20N4O2S/c1-14(22(29)26-17-11-9-15(10-12-17)21(24)28)25-18-6-4-5-16(13-18)23-27-19-7-2-3-8-20(19)30-23/h2-14,25H,1H3,(H2,24,28)(H,26,29)/t14-/m0/s1. The molecule has 0 saturated carbocycles. The Balaban J connectivity index is 1.45. The summed E-state index contributed by atoms with van der Waals surface area (Å²) < 4.78 is 1.14. The number of fused-ring (bicyclic) bond motifs is 1. The zero-order valence-corrected chi connectivity index (χ0v) is 17.1. The molecule has 0 bridgehead atoms. The highest BCUT2D eigenvalue weighted by molar-refractivity contribution is 7.21. The van der Waals surface area contributed by atoms with Crippen molar-refractivity contribution in [1.29, 1.82) is 0 Å². The maximum absolute atomic E-state index is 12.5. The minimum Gasteiger partial charge on any atom is -0.374 e. The van der Waals surface area contributed by atoms with Crippen LogP contribution in [0.4, 0.5) is 11.4 Å². The number of primary amides is 1. The second kappa shape index (κ2) is 8.34. The molecule has 7 heteroatoms. The Bertz CT molecular complexity index is 1180. The van der Waals surface area contributed by atoms with E-state index in [0.29, 0.717) is 11.3 Å². The second-order valence-corrected chi connectivity index (χ2v) is 7.90. The largest absolute Gasteiger partial charge is 0.374 e. The van der Waals surface area contributed by atoms with Crippen LogP contribution in [-0.4, -0.2) is 22.8 Å². The number of carbonyl (C=O) groups excluding carboxylic acids is 2. The molecule has 150 valence electrons. The summed E-state index contributed by atoms with van der Waals surface area (Å²) in [6.07, 6.45) is 0. The number of nitrogens with zero attached hydrogens (tertiary/aromatic N) is 1. The molecule has 0 unspecified atom stereocenters. The first-order valence-corrected chi connectivity index (χ1v) is 10.2. The molecule has 4 aromatic rings. The van der Waals surface area contributed by atoms with Gasteiger partial charge in [-0.1, -0.05) is 24.3 Å². The summed E-state index contributed by atoms with van der Waals surface area (Å²) in [6.45, 7) is 1.79. The van der Waals surface area contributed by atoms with Crippen LogP contribution in [0.15, 0.2) is 72.8 Å². The van der Waals surface area contributed by atoms with Crippen LogP contribution >= 0.6 is 11.3 Å². The highest BCUT2D eigenvalue weighted by atomic mass is 32.1. The Labute approximate surface area is 177 Å². The second-order valence-electron chi connectivity index (χ2n) is 6.86. The van der Waals surface area contributed by atoms with E-state index >= 15 is 0 Å². The van der Waals surface area contributed by atoms with E-state index in [0.717, 1.165) is 26.5 Å². The van der Waals surface area contributed by atoms with Gasteiger partial charge in [-0.05, 0) is 55.5 Å². The van der Waals surface area contributed by atoms with Crippen molar-refractivity contribution in [2.45, 2.75) is 13.0 Å². The lowest BCUT2D eigenvalue weighted by molar-refractivity contribution is -0.116. The third-order valence-electron chi connectivity index (χ3n) is 4.62. The van der Waals surface area contributed by atoms with Crippen LogP contribution < -0.4 is 16.4 Å². The third-order valence-corrected chi connectivity index (χ3v) is 5.70. The van der Waals surface area contributed by atoms with Crippen LogP contribution in [0.25, 0.3) is 20.8 Å². The molecule has 0 saturated heterocycles. The predicted octanol–water partition coefficient (Wildman–Crippen LogP) is 4.50. The Morgan fingerprint density at radius 1 is 0.967 bits per heavy atom. The van der Waals surface area contributed by atoms with Gasteiger partial charge in [-0.2, -0.15) is 0 Å². The van der Waals surface area contributed by atoms with Gasteiger partial charge in [0, 0.05) is 22.5 Å². The van der Waals surface area contributed by atoms with E-state index in [2.05, 4.69) is 16.7 Å². The molecule has 3 aromatic carbocycles. The lowest BCUT2D eigenvalue weighted by atomic mass is 10.1. The van der Waals surface area contributed by atoms with Crippen molar-refractivity contribution in [2.24, 2.45) is 5.73 Å². The number of rotatable bonds is 6. The summed E-state index contributed by atoms with van der Waals surface area (Å²) in [7, 11) is 0. The number of para-hydroxylation sites is 1. The number of benzene rings is 3. The van der Waals surface area contributed by atoms with Gasteiger partial charge in [-0.3, -0.25) is 9.59 Å². The van der Waals surface area contributed by atoms with E-state index in [1.54, 1.807) is 42.5 Å². The fourth-order valence-electron chi connectivity index (χ4n) is 3.02. The van der Waals surface area contributed by atoms with Crippen LogP contribution in [0.3, 0.4) is 0 Å². The molecule has 0 aliphatic heterocycles. The van der Waals surface area contributed by atoms with Gasteiger partial charge in [0.1, 0.15) is 11.0 Å². The Hall–Kier alpha value is -3.71. The van der Waals surface area contributed by atoms with E-state index < -0.39 is 11.9 Å². The van der Waals surface area contributed by atoms with Crippen LogP contribution in [0.5, 0.6) is 0 Å². The molecule has 1 aromatic heterocycles. The van der Waals surface area contributed by atoms with Crippen LogP contribution in [0.2, 0.25) is 0 Å². The topological polar surface area (TPSA) is 97.1 Å². The molecule has 0 spiro atoms. The van der Waals surface area contributed by atoms with Gasteiger partial charge in [0.25, 0.3) is 0 Å². The van der Waals surface area contributed by atoms with E-state index in [1.165, 1.54) is 0 Å². The summed E-state index contributed by atoms with van der Waals surface area (Å²) in [6, 6.07) is 21.9. The first kappa shape index (κ1) is 19.6. The van der Waals surface area contributed by atoms with Crippen molar-refractivity contribution in [3.8, 4) is 10.6 Å². The number of thiazole rings is 1. The van der Waals surface area contributed by atoms with E-state index in [1.807, 2.05) is 42.5 Å². The minimum absolute atomic E-state index is 0.188. The van der Waals surface area contributed by atoms with Crippen molar-refractivity contribution in [2.75, 3.05) is 10.6 Å². The van der Waals surface area contributed by atoms with Crippen molar-refractivity contribution in [3.05, 3.63) is 78.4 Å². The molecule has 2 amide bonds. The lowest BCUT2D eigenvalue weighted by Gasteiger charge is -2.16. The van der Waals surface area contributed by atoms with Gasteiger partial charge < -0.3 is 16.4 Å². The number of nitrogens with two attached hydrogens (primary N) is 1. The zero-order chi connectivity index (χ0) is 21.1. The molecule has 6 nitrogen and oxygen atoms in total. The average Bonchev–Trinajstić information content (AvgIpc) is 3.18. The predicted molar refractivity (Wildman–Crippen MR) is 122 cm³/mol. The van der Waals surface area contributed by atoms with E-state index in [9.17, 15) is 9.59 Å². The van der Waals surface area contributed by atoms with Crippen LogP contribution in [-0.2, 0) is 4.79 Å². The minimum atomic E-state index is -0.504. The lowest BCUT2D eigenvalue weighted by Crippen LogP contribution is -2.31. The Morgan fingerprint density at radius 3 is 2.47 bits per heavy atom. The van der Waals surface area contributed by atoms with E-state index in [-0.39, 0.29) is 5.91 Å². The number of hydrogen-bond donors (Lipinski definition) is 3. The fourth-order valence-corrected chi connectivity index (χ4v) is 3.98. The normalized spacial score (nSPS) is 11.8. The fraction of sp³-hybridized carbons (Fsp3) is 0.0870. The van der Waals surface area contributed by atoms with Crippen LogP contribution in [0.1, 0.15) is 17.3 Å². The molecule has 1 heterocycles. The monoisotopic (exact) mass is 416 g/mol. The molecule has 0 fully saturated rings. The maximum Gasteiger partial charge on any atom is 0.248 e. The number of carbonyl (C=O) groups is 2. The van der Waals surface area contributed by atoms with Crippen LogP contribution in [0, 0.1) is 0 Å². The number of hydrogen-bond acceptors (Lipinski definition) is 5. The van der Waals surface area contributed by atoms with Gasteiger partial charge in [0.15, 0.2) is 0 Å². The summed E-state index contributed by atoms with van der Waals surface area (Å²) in [5, 5.41) is 6.99. The average molecular weight is 417 g/mol. The summed E-state index contributed by atoms with van der Waals surface area (Å²) >= 11 is 1.64. The molecule has 30 heavy (non-hydrogen) atoms. The summed E-state index contributed by atoms with van der Waals surface area (Å²) in [5.74, 6) is -0.692. The Morgan fingerprint density at radius 2 is 1.73 bits per heavy atom. The van der Waals surface area contributed by atoms with Gasteiger partial charge in [0.05, 0.1) is 10.2 Å². The van der Waals surface area contributed by atoms with Gasteiger partial charge in [-0.15, -0.1) is 11.3 Å². The number of aromatic nitrogens is 1. The van der Waals surface area contributed by atoms with Gasteiger partial charge >= 0.3 is 0 Å². The first-order valence-electron chi connectivity index (χ1n) is 9.43. The SMILES string of the molecule is C[C@H](Nc1cccc(-c2nc3ccccc3s2)c1)C(=O)Nc1ccc(C(N)=O)cc1. The number of anilines is 2. The third kappa shape index (κ3) is 4.31. The Kier molecular flexibility index (Phi) is 5.45. The molecule has 0 radical (unpaired) electrons. The summed E-state index contributed by atoms with van der Waals surface area (Å²) in [4.78, 5) is 28.4. The quantitative estimate of drug-likeness (QED) is 0.431. The molecular weight excluding hydrogens is 396 g/mol. The maximum atomic E-state index is 12.5. The van der Waals surface area contributed by atoms with Gasteiger partial charge in [-0.25, -0.2) is 4.98 Å². The molecule has 4 N–H and O–H groups in total. The zero-order valence-electron chi connectivity index (χ0n) is 16.3. The first-order chi connectivity index (χ1) is 14.5.